The molecule has 0 bridgehead atoms. The van der Waals surface area contributed by atoms with Crippen LogP contribution in [0.5, 0.6) is 0 Å². The molecule has 2 unspecified atom stereocenters. The van der Waals surface area contributed by atoms with Crippen molar-refractivity contribution < 1.29 is 12.4 Å². The van der Waals surface area contributed by atoms with Crippen molar-refractivity contribution in [1.29, 1.82) is 0 Å². The molecule has 219 valence electrons. The van der Waals surface area contributed by atoms with Gasteiger partial charge < -0.3 is 0 Å². The van der Waals surface area contributed by atoms with Crippen LogP contribution in [0.3, 0.4) is 0 Å². The summed E-state index contributed by atoms with van der Waals surface area (Å²) >= 11 is -4.39. The summed E-state index contributed by atoms with van der Waals surface area (Å²) in [5.41, 5.74) is 12.3. The number of halogens is 2. The van der Waals surface area contributed by atoms with Gasteiger partial charge in [-0.3, -0.25) is 0 Å². The van der Waals surface area contributed by atoms with Gasteiger partial charge in [-0.15, -0.1) is 0 Å². The number of unbranched alkanes of at least 4 members (excludes halogenated alkanes) is 4. The molecule has 0 aromatic heterocycles. The first-order valence-electron chi connectivity index (χ1n) is 16.5. The first kappa shape index (κ1) is 32.3. The van der Waals surface area contributed by atoms with Crippen molar-refractivity contribution in [2.45, 2.75) is 126 Å². The molecule has 2 aliphatic rings. The summed E-state index contributed by atoms with van der Waals surface area (Å²) in [5, 5.41) is 0. The quantitative estimate of drug-likeness (QED) is 0.171. The van der Waals surface area contributed by atoms with Crippen LogP contribution in [0.15, 0.2) is 59.7 Å². The Labute approximate surface area is 255 Å². The third-order valence-electron chi connectivity index (χ3n) is 10.0. The maximum absolute atomic E-state index is 8.69. The molecule has 4 rings (SSSR count). The maximum atomic E-state index is 8.69. The van der Waals surface area contributed by atoms with Crippen molar-refractivity contribution in [2.24, 2.45) is 0 Å². The molecule has 0 nitrogen and oxygen atoms in total. The van der Waals surface area contributed by atoms with Crippen molar-refractivity contribution in [3.05, 3.63) is 81.9 Å². The first-order valence-corrected chi connectivity index (χ1v) is 28.1. The van der Waals surface area contributed by atoms with Crippen molar-refractivity contribution in [2.75, 3.05) is 0 Å². The Morgan fingerprint density at radius 2 is 0.925 bits per heavy atom. The molecule has 4 heteroatoms. The molecule has 0 saturated carbocycles. The molecule has 0 spiro atoms. The fraction of sp³-hybridized carbons (Fsp3) is 0.556. The predicted octanol–water partition coefficient (Wildman–Crippen LogP) is 12.7. The fourth-order valence-electron chi connectivity index (χ4n) is 7.83. The zero-order chi connectivity index (χ0) is 28.9. The molecule has 0 saturated heterocycles. The van der Waals surface area contributed by atoms with Crippen molar-refractivity contribution >= 4 is 36.4 Å². The molecule has 0 radical (unpaired) electrons. The summed E-state index contributed by atoms with van der Waals surface area (Å²) in [4.78, 5) is 0. The number of fused-ring (bicyclic) bond motifs is 2. The Kier molecular flexibility index (Phi) is 11.2. The van der Waals surface area contributed by atoms with Gasteiger partial charge in [0.1, 0.15) is 0 Å². The van der Waals surface area contributed by atoms with Crippen LogP contribution in [0.2, 0.25) is 13.1 Å². The van der Waals surface area contributed by atoms with Gasteiger partial charge in [0.2, 0.25) is 0 Å². The Balaban J connectivity index is 2.04. The molecule has 0 amide bonds. The van der Waals surface area contributed by atoms with E-state index < -0.39 is 19.1 Å². The zero-order valence-corrected chi connectivity index (χ0v) is 30.3. The van der Waals surface area contributed by atoms with Crippen molar-refractivity contribution in [3.63, 3.8) is 0 Å². The molecule has 0 fully saturated rings. The van der Waals surface area contributed by atoms with Gasteiger partial charge in [0, 0.05) is 0 Å². The van der Waals surface area contributed by atoms with E-state index in [9.17, 15) is 0 Å². The zero-order valence-electron chi connectivity index (χ0n) is 26.1. The second kappa shape index (κ2) is 13.8. The molecule has 2 aromatic carbocycles. The van der Waals surface area contributed by atoms with E-state index in [1.54, 1.807) is 22.3 Å². The van der Waals surface area contributed by atoms with Crippen LogP contribution in [0.4, 0.5) is 0 Å². The van der Waals surface area contributed by atoms with Gasteiger partial charge in [-0.05, 0) is 0 Å². The third-order valence-corrected chi connectivity index (χ3v) is 45.2. The van der Waals surface area contributed by atoms with E-state index >= 15 is 0 Å². The average molecular weight is 633 g/mol. The van der Waals surface area contributed by atoms with Crippen LogP contribution in [-0.4, -0.2) is 6.66 Å². The average Bonchev–Trinajstić information content (AvgIpc) is 3.45. The Morgan fingerprint density at radius 1 is 0.575 bits per heavy atom. The molecule has 0 heterocycles. The number of hydrogen-bond acceptors (Lipinski definition) is 0. The van der Waals surface area contributed by atoms with Gasteiger partial charge in [-0.1, -0.05) is 0 Å². The molecule has 2 atom stereocenters. The van der Waals surface area contributed by atoms with E-state index in [0.29, 0.717) is 0 Å². The fourth-order valence-corrected chi connectivity index (χ4v) is 28.9. The molecule has 40 heavy (non-hydrogen) atoms. The Hall–Kier alpha value is -0.569. The van der Waals surface area contributed by atoms with Crippen LogP contribution in [0.25, 0.3) is 11.1 Å². The van der Waals surface area contributed by atoms with Gasteiger partial charge >= 0.3 is 257 Å². The van der Waals surface area contributed by atoms with Crippen LogP contribution >= 0.6 is 18.6 Å². The Bertz CT molecular complexity index is 1150. The molecule has 2 aromatic rings. The van der Waals surface area contributed by atoms with Gasteiger partial charge in [-0.2, -0.15) is 0 Å². The van der Waals surface area contributed by atoms with E-state index in [2.05, 4.69) is 89.3 Å². The van der Waals surface area contributed by atoms with Gasteiger partial charge in [0.25, 0.3) is 0 Å². The molecule has 0 aliphatic heterocycles. The van der Waals surface area contributed by atoms with Crippen LogP contribution < -0.4 is 0 Å². The summed E-state index contributed by atoms with van der Waals surface area (Å²) in [6.45, 7) is 12.8. The Morgan fingerprint density at radius 3 is 1.27 bits per heavy atom. The number of rotatable bonds is 15. The van der Waals surface area contributed by atoms with Gasteiger partial charge in [0.15, 0.2) is 0 Å². The monoisotopic (exact) mass is 631 g/mol. The molecule has 2 aliphatic carbocycles. The summed E-state index contributed by atoms with van der Waals surface area (Å²) in [7, 11) is 17.4. The van der Waals surface area contributed by atoms with E-state index in [4.69, 9.17) is 18.6 Å². The topological polar surface area (TPSA) is 0 Å². The predicted molar refractivity (Wildman–Crippen MR) is 181 cm³/mol. The van der Waals surface area contributed by atoms with Gasteiger partial charge in [0.05, 0.1) is 0 Å². The summed E-state index contributed by atoms with van der Waals surface area (Å²) < 4.78 is 0.448. The van der Waals surface area contributed by atoms with E-state index in [-0.39, 0.29) is 8.45 Å². The number of allylic oxidation sites excluding steroid dienone is 4. The van der Waals surface area contributed by atoms with Crippen molar-refractivity contribution in [1.82, 2.24) is 0 Å². The normalized spacial score (nSPS) is 19.8. The van der Waals surface area contributed by atoms with E-state index in [0.717, 1.165) is 25.7 Å². The van der Waals surface area contributed by atoms with E-state index in [1.165, 1.54) is 73.6 Å². The van der Waals surface area contributed by atoms with Crippen LogP contribution in [0, 0.1) is 0 Å². The summed E-state index contributed by atoms with van der Waals surface area (Å²) in [6, 6.07) is 18.6. The summed E-state index contributed by atoms with van der Waals surface area (Å²) in [6.07, 6.45) is 14.3. The van der Waals surface area contributed by atoms with Crippen LogP contribution in [0.1, 0.15) is 135 Å². The second-order valence-electron chi connectivity index (χ2n) is 12.8. The summed E-state index contributed by atoms with van der Waals surface area (Å²) in [5.74, 6) is 0. The minimum atomic E-state index is -4.39. The standard InChI is InChI=1S/2C17H23.C2H7Si.2ClH.Ti/c2*1-3-5-9-14-13-15-10-7-8-12-17(15)16(14)11-6-4-2;1-3-2;;;/h2*7-8,10,12-13H,3-6,9,11H2,1-2H3;3H,1-2H3;2*1H;/q;;;;;+2/p-2. The first-order chi connectivity index (χ1) is 19.3. The van der Waals surface area contributed by atoms with Gasteiger partial charge in [-0.25, -0.2) is 0 Å². The SMILES string of the molecule is CCCCC1=C(CCCC)[CH]([Ti]([Cl])([Cl])([CH]2C(CCCC)=C(CCCC)c3ccccc32)[SiH](C)C)c2ccccc21. The number of hydrogen-bond donors (Lipinski definition) is 0. The molecular formula is C36H53Cl2SiTi. The number of benzene rings is 2. The minimum absolute atomic E-state index is 0.224. The molecular weight excluding hydrogens is 579 g/mol. The van der Waals surface area contributed by atoms with Crippen LogP contribution in [-0.2, 0) is 12.4 Å². The molecule has 0 N–H and O–H groups in total. The second-order valence-corrected chi connectivity index (χ2v) is 42.1. The third kappa shape index (κ3) is 5.69. The van der Waals surface area contributed by atoms with E-state index in [1.807, 2.05) is 0 Å². The van der Waals surface area contributed by atoms with Crippen molar-refractivity contribution in [3.8, 4) is 0 Å².